The molecule has 0 amide bonds. The first kappa shape index (κ1) is 17.3. The summed E-state index contributed by atoms with van der Waals surface area (Å²) in [6.45, 7) is 8.41. The van der Waals surface area contributed by atoms with Gasteiger partial charge in [0.25, 0.3) is 0 Å². The van der Waals surface area contributed by atoms with Gasteiger partial charge >= 0.3 is 0 Å². The summed E-state index contributed by atoms with van der Waals surface area (Å²) in [5.41, 5.74) is 11.2. The fourth-order valence-corrected chi connectivity index (χ4v) is 3.38. The van der Waals surface area contributed by atoms with Crippen LogP contribution in [0, 0.1) is 5.92 Å². The van der Waals surface area contributed by atoms with E-state index in [1.54, 1.807) is 18.2 Å². The molecule has 3 heteroatoms. The number of phenolic OH excluding ortho intramolecular Hbond substituents is 2. The van der Waals surface area contributed by atoms with Gasteiger partial charge in [0.05, 0.1) is 0 Å². The van der Waals surface area contributed by atoms with Crippen LogP contribution in [0.3, 0.4) is 0 Å². The monoisotopic (exact) mass is 335 g/mol. The van der Waals surface area contributed by atoms with E-state index >= 15 is 0 Å². The normalized spacial score (nSPS) is 22.8. The fraction of sp³-hybridized carbons (Fsp3) is 0.273. The molecule has 25 heavy (non-hydrogen) atoms. The Morgan fingerprint density at radius 2 is 1.84 bits per heavy atom. The largest absolute Gasteiger partial charge is 0.508 e. The van der Waals surface area contributed by atoms with Gasteiger partial charge in [-0.3, -0.25) is 0 Å². The van der Waals surface area contributed by atoms with Crippen molar-refractivity contribution in [3.63, 3.8) is 0 Å². The maximum atomic E-state index is 10.3. The van der Waals surface area contributed by atoms with Crippen molar-refractivity contribution in [3.8, 4) is 11.5 Å². The molecule has 2 aromatic carbocycles. The van der Waals surface area contributed by atoms with Crippen LogP contribution in [-0.2, 0) is 12.8 Å². The van der Waals surface area contributed by atoms with Crippen molar-refractivity contribution in [2.45, 2.75) is 32.2 Å². The van der Waals surface area contributed by atoms with Crippen LogP contribution >= 0.6 is 0 Å². The number of aromatic hydroxyl groups is 2. The predicted octanol–water partition coefficient (Wildman–Crippen LogP) is 4.28. The van der Waals surface area contributed by atoms with E-state index in [0.29, 0.717) is 11.7 Å². The van der Waals surface area contributed by atoms with Gasteiger partial charge in [-0.2, -0.15) is 0 Å². The quantitative estimate of drug-likeness (QED) is 0.734. The minimum atomic E-state index is -0.295. The van der Waals surface area contributed by atoms with Crippen LogP contribution in [0.5, 0.6) is 11.5 Å². The summed E-state index contributed by atoms with van der Waals surface area (Å²) < 4.78 is 0. The van der Waals surface area contributed by atoms with E-state index in [9.17, 15) is 10.2 Å². The maximum absolute atomic E-state index is 10.3. The van der Waals surface area contributed by atoms with Crippen molar-refractivity contribution in [1.82, 2.24) is 0 Å². The van der Waals surface area contributed by atoms with E-state index in [1.165, 1.54) is 0 Å². The number of fused-ring (bicyclic) bond motifs is 1. The summed E-state index contributed by atoms with van der Waals surface area (Å²) >= 11 is 0. The number of rotatable bonds is 3. The highest BCUT2D eigenvalue weighted by Gasteiger charge is 2.35. The highest BCUT2D eigenvalue weighted by Crippen LogP contribution is 2.39. The van der Waals surface area contributed by atoms with Crippen LogP contribution in [0.15, 0.2) is 49.1 Å². The Morgan fingerprint density at radius 3 is 2.52 bits per heavy atom. The lowest BCUT2D eigenvalue weighted by Gasteiger charge is -2.38. The zero-order valence-corrected chi connectivity index (χ0v) is 14.8. The summed E-state index contributed by atoms with van der Waals surface area (Å²) in [6, 6.07) is 10.7. The van der Waals surface area contributed by atoms with Crippen LogP contribution in [0.2, 0.25) is 0 Å². The molecule has 2 aromatic rings. The average Bonchev–Trinajstić information content (AvgIpc) is 2.56. The van der Waals surface area contributed by atoms with Crippen LogP contribution in [0.25, 0.3) is 11.6 Å². The first-order chi connectivity index (χ1) is 11.8. The van der Waals surface area contributed by atoms with Gasteiger partial charge in [-0.25, -0.2) is 0 Å². The molecule has 0 saturated heterocycles. The summed E-state index contributed by atoms with van der Waals surface area (Å²) in [6.07, 6.45) is 5.43. The van der Waals surface area contributed by atoms with E-state index in [-0.39, 0.29) is 11.3 Å². The summed E-state index contributed by atoms with van der Waals surface area (Å²) in [5, 5.41) is 19.6. The van der Waals surface area contributed by atoms with Crippen molar-refractivity contribution in [1.29, 1.82) is 0 Å². The van der Waals surface area contributed by atoms with Crippen molar-refractivity contribution in [2.24, 2.45) is 11.7 Å². The molecular weight excluding hydrogens is 310 g/mol. The van der Waals surface area contributed by atoms with Gasteiger partial charge in [-0.1, -0.05) is 43.9 Å². The zero-order chi connectivity index (χ0) is 18.2. The molecule has 1 aliphatic carbocycles. The lowest BCUT2D eigenvalue weighted by Crippen LogP contribution is -2.48. The Labute approximate surface area is 149 Å². The highest BCUT2D eigenvalue weighted by atomic mass is 16.3. The molecule has 1 aliphatic rings. The Balaban J connectivity index is 1.94. The molecule has 0 fully saturated rings. The number of allylic oxidation sites excluding steroid dienone is 2. The molecule has 0 saturated carbocycles. The standard InChI is InChI=1S/C22H25NO2/c1-14(4-5-16-6-8-17(24)9-7-16)18-10-11-21(25)19-12-15(2)22(3,23)13-20(18)19/h4-11,15,24-25H,1,12-13,23H2,2-3H3/b5-4+. The Bertz CT molecular complexity index is 832. The van der Waals surface area contributed by atoms with Gasteiger partial charge < -0.3 is 15.9 Å². The minimum Gasteiger partial charge on any atom is -0.508 e. The van der Waals surface area contributed by atoms with Gasteiger partial charge in [0.2, 0.25) is 0 Å². The number of nitrogens with two attached hydrogens (primary N) is 1. The van der Waals surface area contributed by atoms with Crippen molar-refractivity contribution in [2.75, 3.05) is 0 Å². The predicted molar refractivity (Wildman–Crippen MR) is 103 cm³/mol. The topological polar surface area (TPSA) is 66.5 Å². The van der Waals surface area contributed by atoms with Crippen molar-refractivity contribution < 1.29 is 10.2 Å². The SMILES string of the molecule is C=C(/C=C/c1ccc(O)cc1)c1ccc(O)c2c1CC(C)(N)C(C)C2. The molecule has 0 spiro atoms. The molecular formula is C22H25NO2. The van der Waals surface area contributed by atoms with Crippen LogP contribution in [0.4, 0.5) is 0 Å². The third-order valence-corrected chi connectivity index (χ3v) is 5.32. The molecule has 3 nitrogen and oxygen atoms in total. The van der Waals surface area contributed by atoms with E-state index in [0.717, 1.165) is 40.7 Å². The molecule has 0 aliphatic heterocycles. The third kappa shape index (κ3) is 3.47. The molecule has 0 aromatic heterocycles. The molecule has 2 unspecified atom stereocenters. The maximum Gasteiger partial charge on any atom is 0.119 e. The second-order valence-corrected chi connectivity index (χ2v) is 7.33. The molecule has 2 atom stereocenters. The fourth-order valence-electron chi connectivity index (χ4n) is 3.38. The molecule has 4 N–H and O–H groups in total. The van der Waals surface area contributed by atoms with E-state index in [2.05, 4.69) is 20.4 Å². The lowest BCUT2D eigenvalue weighted by atomic mass is 9.70. The highest BCUT2D eigenvalue weighted by molar-refractivity contribution is 5.80. The second-order valence-electron chi connectivity index (χ2n) is 7.33. The first-order valence-electron chi connectivity index (χ1n) is 8.57. The van der Waals surface area contributed by atoms with E-state index in [1.807, 2.05) is 30.4 Å². The third-order valence-electron chi connectivity index (χ3n) is 5.32. The minimum absolute atomic E-state index is 0.250. The Kier molecular flexibility index (Phi) is 4.44. The Hall–Kier alpha value is -2.52. The van der Waals surface area contributed by atoms with Gasteiger partial charge in [-0.15, -0.1) is 0 Å². The molecule has 0 bridgehead atoms. The number of hydrogen-bond acceptors (Lipinski definition) is 3. The smallest absolute Gasteiger partial charge is 0.119 e. The number of phenols is 2. The molecule has 130 valence electrons. The van der Waals surface area contributed by atoms with Crippen LogP contribution < -0.4 is 5.73 Å². The molecule has 0 heterocycles. The average molecular weight is 335 g/mol. The number of hydrogen-bond donors (Lipinski definition) is 3. The van der Waals surface area contributed by atoms with Crippen molar-refractivity contribution >= 4 is 11.6 Å². The van der Waals surface area contributed by atoms with Crippen molar-refractivity contribution in [3.05, 3.63) is 71.3 Å². The van der Waals surface area contributed by atoms with E-state index < -0.39 is 0 Å². The second kappa shape index (κ2) is 6.41. The molecule has 3 rings (SSSR count). The van der Waals surface area contributed by atoms with Gasteiger partial charge in [0.1, 0.15) is 11.5 Å². The summed E-state index contributed by atoms with van der Waals surface area (Å²) in [5.74, 6) is 0.901. The zero-order valence-electron chi connectivity index (χ0n) is 14.8. The first-order valence-corrected chi connectivity index (χ1v) is 8.57. The van der Waals surface area contributed by atoms with E-state index in [4.69, 9.17) is 5.73 Å². The van der Waals surface area contributed by atoms with Crippen LogP contribution in [0.1, 0.15) is 36.1 Å². The summed E-state index contributed by atoms with van der Waals surface area (Å²) in [4.78, 5) is 0. The van der Waals surface area contributed by atoms with Gasteiger partial charge in [0.15, 0.2) is 0 Å². The summed E-state index contributed by atoms with van der Waals surface area (Å²) in [7, 11) is 0. The number of benzene rings is 2. The molecule has 0 radical (unpaired) electrons. The van der Waals surface area contributed by atoms with Crippen LogP contribution in [-0.4, -0.2) is 15.8 Å². The van der Waals surface area contributed by atoms with Gasteiger partial charge in [-0.05, 0) is 71.7 Å². The van der Waals surface area contributed by atoms with Gasteiger partial charge in [0, 0.05) is 5.54 Å². The lowest BCUT2D eigenvalue weighted by molar-refractivity contribution is 0.289. The Morgan fingerprint density at radius 1 is 1.16 bits per heavy atom.